The molecule has 3 rings (SSSR count). The van der Waals surface area contributed by atoms with Crippen molar-refractivity contribution in [2.24, 2.45) is 0 Å². The van der Waals surface area contributed by atoms with Crippen molar-refractivity contribution >= 4 is 5.91 Å². The smallest absolute Gasteiger partial charge is 0.248 e. The Morgan fingerprint density at radius 1 is 1.41 bits per heavy atom. The zero-order valence-corrected chi connectivity index (χ0v) is 13.6. The van der Waals surface area contributed by atoms with E-state index in [9.17, 15) is 4.79 Å². The molecule has 1 aliphatic rings. The number of aromatic nitrogens is 2. The Kier molecular flexibility index (Phi) is 3.81. The summed E-state index contributed by atoms with van der Waals surface area (Å²) < 4.78 is 7.32. The number of carbonyl (C=O) groups excluding carboxylic acids is 1. The molecule has 2 atom stereocenters. The SMILES string of the molecule is Cc1cc(C)n(C(C)C(=O)N(C2CC2)C(C)c2ccco2)n1. The fourth-order valence-corrected chi connectivity index (χ4v) is 3.06. The van der Waals surface area contributed by atoms with Crippen LogP contribution in [0.3, 0.4) is 0 Å². The number of rotatable bonds is 5. The molecule has 0 saturated heterocycles. The lowest BCUT2D eigenvalue weighted by atomic mass is 10.1. The molecule has 0 aromatic carbocycles. The Balaban J connectivity index is 1.85. The Hall–Kier alpha value is -2.04. The van der Waals surface area contributed by atoms with Crippen LogP contribution in [0.5, 0.6) is 0 Å². The van der Waals surface area contributed by atoms with E-state index >= 15 is 0 Å². The number of aryl methyl sites for hydroxylation is 2. The van der Waals surface area contributed by atoms with Gasteiger partial charge in [0.05, 0.1) is 18.0 Å². The second kappa shape index (κ2) is 5.63. The first kappa shape index (κ1) is 14.9. The van der Waals surface area contributed by atoms with Crippen molar-refractivity contribution in [3.8, 4) is 0 Å². The summed E-state index contributed by atoms with van der Waals surface area (Å²) in [6, 6.07) is 5.78. The molecule has 22 heavy (non-hydrogen) atoms. The first-order chi connectivity index (χ1) is 10.5. The number of furan rings is 1. The van der Waals surface area contributed by atoms with Crippen LogP contribution in [0.15, 0.2) is 28.9 Å². The van der Waals surface area contributed by atoms with E-state index in [4.69, 9.17) is 4.42 Å². The van der Waals surface area contributed by atoms with Crippen molar-refractivity contribution in [1.29, 1.82) is 0 Å². The number of hydrogen-bond donors (Lipinski definition) is 0. The largest absolute Gasteiger partial charge is 0.467 e. The van der Waals surface area contributed by atoms with Gasteiger partial charge in [-0.1, -0.05) is 0 Å². The molecule has 118 valence electrons. The van der Waals surface area contributed by atoms with Gasteiger partial charge in [0, 0.05) is 11.7 Å². The van der Waals surface area contributed by atoms with Gasteiger partial charge in [0.25, 0.3) is 0 Å². The minimum atomic E-state index is -0.299. The Bertz CT molecular complexity index is 656. The zero-order chi connectivity index (χ0) is 15.9. The molecule has 0 aliphatic heterocycles. The summed E-state index contributed by atoms with van der Waals surface area (Å²) in [5.41, 5.74) is 1.95. The highest BCUT2D eigenvalue weighted by molar-refractivity contribution is 5.81. The maximum atomic E-state index is 13.0. The van der Waals surface area contributed by atoms with Gasteiger partial charge in [-0.2, -0.15) is 5.10 Å². The van der Waals surface area contributed by atoms with E-state index in [1.54, 1.807) is 6.26 Å². The summed E-state index contributed by atoms with van der Waals surface area (Å²) in [5.74, 6) is 0.943. The topological polar surface area (TPSA) is 51.3 Å². The van der Waals surface area contributed by atoms with Crippen LogP contribution in [0, 0.1) is 13.8 Å². The standard InChI is InChI=1S/C17H23N3O2/c1-11-10-12(2)20(18-11)14(4)17(21)19(15-7-8-15)13(3)16-6-5-9-22-16/h5-6,9-10,13-15H,7-8H2,1-4H3. The van der Waals surface area contributed by atoms with Crippen molar-refractivity contribution < 1.29 is 9.21 Å². The van der Waals surface area contributed by atoms with E-state index in [1.807, 2.05) is 55.5 Å². The third-order valence-corrected chi connectivity index (χ3v) is 4.34. The summed E-state index contributed by atoms with van der Waals surface area (Å²) in [5, 5.41) is 4.46. The van der Waals surface area contributed by atoms with E-state index in [2.05, 4.69) is 5.10 Å². The van der Waals surface area contributed by atoms with Gasteiger partial charge in [0.15, 0.2) is 0 Å². The maximum absolute atomic E-state index is 13.0. The van der Waals surface area contributed by atoms with Crippen molar-refractivity contribution in [2.75, 3.05) is 0 Å². The first-order valence-electron chi connectivity index (χ1n) is 7.87. The molecular weight excluding hydrogens is 278 g/mol. The molecule has 1 aliphatic carbocycles. The fourth-order valence-electron chi connectivity index (χ4n) is 3.06. The summed E-state index contributed by atoms with van der Waals surface area (Å²) in [4.78, 5) is 15.0. The van der Waals surface area contributed by atoms with E-state index in [0.29, 0.717) is 6.04 Å². The van der Waals surface area contributed by atoms with Crippen LogP contribution in [0.1, 0.15) is 55.9 Å². The van der Waals surface area contributed by atoms with Crippen LogP contribution in [-0.4, -0.2) is 26.6 Å². The summed E-state index contributed by atoms with van der Waals surface area (Å²) in [7, 11) is 0. The number of hydrogen-bond acceptors (Lipinski definition) is 3. The molecule has 1 amide bonds. The Morgan fingerprint density at radius 3 is 2.64 bits per heavy atom. The van der Waals surface area contributed by atoms with Crippen LogP contribution in [0.2, 0.25) is 0 Å². The Labute approximate surface area is 130 Å². The predicted molar refractivity (Wildman–Crippen MR) is 83.4 cm³/mol. The average molecular weight is 301 g/mol. The quantitative estimate of drug-likeness (QED) is 0.850. The molecule has 0 bridgehead atoms. The van der Waals surface area contributed by atoms with Gasteiger partial charge in [0.1, 0.15) is 11.8 Å². The molecule has 1 saturated carbocycles. The number of carbonyl (C=O) groups is 1. The Morgan fingerprint density at radius 2 is 2.14 bits per heavy atom. The number of amides is 1. The van der Waals surface area contributed by atoms with Crippen molar-refractivity contribution in [2.45, 2.75) is 58.7 Å². The molecule has 5 heteroatoms. The van der Waals surface area contributed by atoms with Crippen molar-refractivity contribution in [3.05, 3.63) is 41.6 Å². The molecule has 0 spiro atoms. The van der Waals surface area contributed by atoms with E-state index < -0.39 is 0 Å². The van der Waals surface area contributed by atoms with Gasteiger partial charge in [-0.3, -0.25) is 9.48 Å². The molecule has 2 aromatic rings. The molecule has 5 nitrogen and oxygen atoms in total. The van der Waals surface area contributed by atoms with E-state index in [-0.39, 0.29) is 18.0 Å². The maximum Gasteiger partial charge on any atom is 0.248 e. The average Bonchev–Trinajstić information content (AvgIpc) is 3.03. The second-order valence-corrected chi connectivity index (χ2v) is 6.22. The molecule has 0 N–H and O–H groups in total. The second-order valence-electron chi connectivity index (χ2n) is 6.22. The van der Waals surface area contributed by atoms with Gasteiger partial charge < -0.3 is 9.32 Å². The highest BCUT2D eigenvalue weighted by atomic mass is 16.3. The van der Waals surface area contributed by atoms with E-state index in [1.165, 1.54) is 0 Å². The highest BCUT2D eigenvalue weighted by Gasteiger charge is 2.39. The van der Waals surface area contributed by atoms with Crippen LogP contribution in [-0.2, 0) is 4.79 Å². The summed E-state index contributed by atoms with van der Waals surface area (Å²) >= 11 is 0. The molecule has 0 radical (unpaired) electrons. The minimum Gasteiger partial charge on any atom is -0.467 e. The monoisotopic (exact) mass is 301 g/mol. The summed E-state index contributed by atoms with van der Waals surface area (Å²) in [6.45, 7) is 7.89. The zero-order valence-electron chi connectivity index (χ0n) is 13.6. The summed E-state index contributed by atoms with van der Waals surface area (Å²) in [6.07, 6.45) is 3.80. The normalized spacial score (nSPS) is 17.3. The van der Waals surface area contributed by atoms with Crippen LogP contribution in [0.4, 0.5) is 0 Å². The van der Waals surface area contributed by atoms with Gasteiger partial charge in [-0.25, -0.2) is 0 Å². The van der Waals surface area contributed by atoms with Gasteiger partial charge in [-0.15, -0.1) is 0 Å². The first-order valence-corrected chi connectivity index (χ1v) is 7.87. The lowest BCUT2D eigenvalue weighted by Gasteiger charge is -2.31. The molecular formula is C17H23N3O2. The lowest BCUT2D eigenvalue weighted by molar-refractivity contribution is -0.138. The lowest BCUT2D eigenvalue weighted by Crippen LogP contribution is -2.40. The van der Waals surface area contributed by atoms with Gasteiger partial charge >= 0.3 is 0 Å². The van der Waals surface area contributed by atoms with Crippen LogP contribution in [0.25, 0.3) is 0 Å². The third-order valence-electron chi connectivity index (χ3n) is 4.34. The third kappa shape index (κ3) is 2.67. The van der Waals surface area contributed by atoms with Crippen molar-refractivity contribution in [3.63, 3.8) is 0 Å². The van der Waals surface area contributed by atoms with E-state index in [0.717, 1.165) is 30.0 Å². The van der Waals surface area contributed by atoms with Crippen LogP contribution >= 0.6 is 0 Å². The highest BCUT2D eigenvalue weighted by Crippen LogP contribution is 2.36. The molecule has 1 fully saturated rings. The van der Waals surface area contributed by atoms with Crippen molar-refractivity contribution in [1.82, 2.24) is 14.7 Å². The van der Waals surface area contributed by atoms with Gasteiger partial charge in [-0.05, 0) is 58.7 Å². The number of nitrogens with zero attached hydrogens (tertiary/aromatic N) is 3. The fraction of sp³-hybridized carbons (Fsp3) is 0.529. The molecule has 2 aromatic heterocycles. The molecule has 2 unspecified atom stereocenters. The minimum absolute atomic E-state index is 0.0468. The molecule has 2 heterocycles. The van der Waals surface area contributed by atoms with Gasteiger partial charge in [0.2, 0.25) is 5.91 Å². The van der Waals surface area contributed by atoms with Crippen LogP contribution < -0.4 is 0 Å². The predicted octanol–water partition coefficient (Wildman–Crippen LogP) is 3.41.